The molecule has 5 heteroatoms. The first-order valence-electron chi connectivity index (χ1n) is 8.18. The highest BCUT2D eigenvalue weighted by Gasteiger charge is 2.18. The summed E-state index contributed by atoms with van der Waals surface area (Å²) in [6.07, 6.45) is 2.30. The van der Waals surface area contributed by atoms with E-state index in [1.54, 1.807) is 19.2 Å². The molecule has 0 spiro atoms. The Balaban J connectivity index is 1.76. The van der Waals surface area contributed by atoms with Gasteiger partial charge in [0, 0.05) is 18.0 Å². The van der Waals surface area contributed by atoms with Gasteiger partial charge in [0.05, 0.1) is 17.9 Å². The number of nitrogens with zero attached hydrogens (tertiary/aromatic N) is 1. The summed E-state index contributed by atoms with van der Waals surface area (Å²) in [5, 5.41) is 2.02. The van der Waals surface area contributed by atoms with Gasteiger partial charge in [0.15, 0.2) is 11.5 Å². The highest BCUT2D eigenvalue weighted by molar-refractivity contribution is 5.92. The van der Waals surface area contributed by atoms with Crippen LogP contribution in [0.15, 0.2) is 48.7 Å². The second-order valence-electron chi connectivity index (χ2n) is 5.74. The summed E-state index contributed by atoms with van der Waals surface area (Å²) < 4.78 is 16.1. The molecule has 0 unspecified atom stereocenters. The van der Waals surface area contributed by atoms with Crippen molar-refractivity contribution in [1.29, 1.82) is 0 Å². The summed E-state index contributed by atoms with van der Waals surface area (Å²) in [7, 11) is 0. The van der Waals surface area contributed by atoms with E-state index >= 15 is 0 Å². The first kappa shape index (κ1) is 15.4. The van der Waals surface area contributed by atoms with Crippen molar-refractivity contribution in [3.05, 3.63) is 65.5 Å². The van der Waals surface area contributed by atoms with Crippen molar-refractivity contribution in [2.45, 2.75) is 13.3 Å². The van der Waals surface area contributed by atoms with Crippen molar-refractivity contribution in [3.8, 4) is 11.5 Å². The third-order valence-electron chi connectivity index (χ3n) is 4.21. The van der Waals surface area contributed by atoms with Gasteiger partial charge in [-0.05, 0) is 42.1 Å². The van der Waals surface area contributed by atoms with Gasteiger partial charge in [-0.15, -0.1) is 0 Å². The number of aromatic nitrogens is 1. The Labute approximate surface area is 145 Å². The number of pyridine rings is 1. The van der Waals surface area contributed by atoms with Crippen LogP contribution in [0.25, 0.3) is 10.8 Å². The molecule has 2 heterocycles. The summed E-state index contributed by atoms with van der Waals surface area (Å²) in [5.41, 5.74) is 2.34. The fraction of sp³-hybridized carbons (Fsp3) is 0.200. The number of carbonyl (C=O) groups excluding carboxylic acids is 1. The lowest BCUT2D eigenvalue weighted by Gasteiger charge is -2.10. The third-order valence-corrected chi connectivity index (χ3v) is 4.21. The largest absolute Gasteiger partial charge is 0.462 e. The van der Waals surface area contributed by atoms with Gasteiger partial charge in [0.1, 0.15) is 0 Å². The van der Waals surface area contributed by atoms with E-state index in [0.717, 1.165) is 33.5 Å². The number of carbonyl (C=O) groups is 1. The zero-order chi connectivity index (χ0) is 17.2. The number of hydrogen-bond donors (Lipinski definition) is 0. The second-order valence-corrected chi connectivity index (χ2v) is 5.74. The molecule has 1 aromatic heterocycles. The summed E-state index contributed by atoms with van der Waals surface area (Å²) in [6, 6.07) is 13.3. The smallest absolute Gasteiger partial charge is 0.338 e. The number of hydrogen-bond acceptors (Lipinski definition) is 5. The molecule has 1 aliphatic heterocycles. The maximum Gasteiger partial charge on any atom is 0.338 e. The Morgan fingerprint density at radius 2 is 1.96 bits per heavy atom. The van der Waals surface area contributed by atoms with E-state index in [-0.39, 0.29) is 12.8 Å². The molecule has 0 atom stereocenters. The summed E-state index contributed by atoms with van der Waals surface area (Å²) in [6.45, 7) is 2.39. The molecular weight excluding hydrogens is 318 g/mol. The lowest BCUT2D eigenvalue weighted by molar-refractivity contribution is 0.0525. The highest BCUT2D eigenvalue weighted by Crippen LogP contribution is 2.37. The number of ether oxygens (including phenoxy) is 3. The first-order chi connectivity index (χ1) is 12.3. The Morgan fingerprint density at radius 1 is 1.16 bits per heavy atom. The van der Waals surface area contributed by atoms with Gasteiger partial charge in [-0.1, -0.05) is 18.2 Å². The molecule has 0 amide bonds. The van der Waals surface area contributed by atoms with Gasteiger partial charge in [-0.25, -0.2) is 4.79 Å². The van der Waals surface area contributed by atoms with E-state index in [2.05, 4.69) is 4.98 Å². The maximum atomic E-state index is 12.2. The average molecular weight is 335 g/mol. The molecule has 3 aromatic rings. The molecule has 0 N–H and O–H groups in total. The molecule has 0 saturated carbocycles. The Hall–Kier alpha value is -3.08. The standard InChI is InChI=1S/C20H17NO4/c1-2-23-20(22)15-6-4-3-5-13(15)9-17-16-11-19-18(24-12-25-19)10-14(16)7-8-21-17/h3-8,10-11H,2,9,12H2,1H3. The lowest BCUT2D eigenvalue weighted by Crippen LogP contribution is -2.08. The van der Waals surface area contributed by atoms with Crippen molar-refractivity contribution in [1.82, 2.24) is 4.98 Å². The molecule has 2 aromatic carbocycles. The van der Waals surface area contributed by atoms with E-state index in [4.69, 9.17) is 14.2 Å². The van der Waals surface area contributed by atoms with Crippen molar-refractivity contribution in [2.24, 2.45) is 0 Å². The van der Waals surface area contributed by atoms with Crippen LogP contribution in [0.1, 0.15) is 28.5 Å². The molecular formula is C20H17NO4. The lowest BCUT2D eigenvalue weighted by atomic mass is 9.99. The summed E-state index contributed by atoms with van der Waals surface area (Å²) in [4.78, 5) is 16.7. The summed E-state index contributed by atoms with van der Waals surface area (Å²) in [5.74, 6) is 1.16. The number of benzene rings is 2. The number of esters is 1. The van der Waals surface area contributed by atoms with Crippen molar-refractivity contribution in [3.63, 3.8) is 0 Å². The van der Waals surface area contributed by atoms with E-state index in [0.29, 0.717) is 18.6 Å². The molecule has 5 nitrogen and oxygen atoms in total. The minimum Gasteiger partial charge on any atom is -0.462 e. The van der Waals surface area contributed by atoms with Crippen LogP contribution in [0, 0.1) is 0 Å². The Morgan fingerprint density at radius 3 is 2.80 bits per heavy atom. The highest BCUT2D eigenvalue weighted by atomic mass is 16.7. The number of fused-ring (bicyclic) bond motifs is 2. The van der Waals surface area contributed by atoms with Crippen LogP contribution in [0.4, 0.5) is 0 Å². The quantitative estimate of drug-likeness (QED) is 0.680. The Bertz CT molecular complexity index is 952. The molecule has 0 saturated heterocycles. The van der Waals surface area contributed by atoms with Crippen LogP contribution in [0.3, 0.4) is 0 Å². The molecule has 4 rings (SSSR count). The van der Waals surface area contributed by atoms with Crippen LogP contribution in [0.2, 0.25) is 0 Å². The predicted octanol–water partition coefficient (Wildman–Crippen LogP) is 3.73. The SMILES string of the molecule is CCOC(=O)c1ccccc1Cc1nccc2cc3c(cc12)OCO3. The van der Waals surface area contributed by atoms with Crippen molar-refractivity contribution >= 4 is 16.7 Å². The monoisotopic (exact) mass is 335 g/mol. The third kappa shape index (κ3) is 2.89. The fourth-order valence-electron chi connectivity index (χ4n) is 3.03. The second kappa shape index (κ2) is 6.43. The molecule has 0 fully saturated rings. The van der Waals surface area contributed by atoms with Crippen LogP contribution >= 0.6 is 0 Å². The van der Waals surface area contributed by atoms with E-state index in [1.807, 2.05) is 36.4 Å². The molecule has 0 aliphatic carbocycles. The van der Waals surface area contributed by atoms with Crippen molar-refractivity contribution < 1.29 is 19.0 Å². The fourth-order valence-corrected chi connectivity index (χ4v) is 3.03. The minimum absolute atomic E-state index is 0.236. The van der Waals surface area contributed by atoms with E-state index < -0.39 is 0 Å². The van der Waals surface area contributed by atoms with E-state index in [9.17, 15) is 4.79 Å². The van der Waals surface area contributed by atoms with Gasteiger partial charge in [0.25, 0.3) is 0 Å². The van der Waals surface area contributed by atoms with Crippen LogP contribution in [-0.2, 0) is 11.2 Å². The summed E-state index contributed by atoms with van der Waals surface area (Å²) >= 11 is 0. The van der Waals surface area contributed by atoms with Crippen molar-refractivity contribution in [2.75, 3.05) is 13.4 Å². The molecule has 0 bridgehead atoms. The van der Waals surface area contributed by atoms with Crippen LogP contribution in [0.5, 0.6) is 11.5 Å². The zero-order valence-corrected chi connectivity index (χ0v) is 13.8. The average Bonchev–Trinajstić information content (AvgIpc) is 3.08. The van der Waals surface area contributed by atoms with Crippen LogP contribution in [-0.4, -0.2) is 24.4 Å². The van der Waals surface area contributed by atoms with Gasteiger partial charge in [0.2, 0.25) is 6.79 Å². The molecule has 0 radical (unpaired) electrons. The predicted molar refractivity (Wildman–Crippen MR) is 93.1 cm³/mol. The van der Waals surface area contributed by atoms with Gasteiger partial charge in [-0.2, -0.15) is 0 Å². The maximum absolute atomic E-state index is 12.2. The zero-order valence-electron chi connectivity index (χ0n) is 13.8. The normalized spacial score (nSPS) is 12.4. The topological polar surface area (TPSA) is 57.7 Å². The Kier molecular flexibility index (Phi) is 3.98. The van der Waals surface area contributed by atoms with Gasteiger partial charge >= 0.3 is 5.97 Å². The molecule has 126 valence electrons. The molecule has 1 aliphatic rings. The first-order valence-corrected chi connectivity index (χ1v) is 8.18. The van der Waals surface area contributed by atoms with Crippen LogP contribution < -0.4 is 9.47 Å². The minimum atomic E-state index is -0.309. The van der Waals surface area contributed by atoms with Gasteiger partial charge in [-0.3, -0.25) is 4.98 Å². The van der Waals surface area contributed by atoms with Gasteiger partial charge < -0.3 is 14.2 Å². The number of rotatable bonds is 4. The molecule has 25 heavy (non-hydrogen) atoms. The van der Waals surface area contributed by atoms with E-state index in [1.165, 1.54) is 0 Å².